The summed E-state index contributed by atoms with van der Waals surface area (Å²) in [7, 11) is 0. The predicted octanol–water partition coefficient (Wildman–Crippen LogP) is 4.52. The van der Waals surface area contributed by atoms with Crippen molar-refractivity contribution in [3.05, 3.63) is 48.0 Å². The zero-order chi connectivity index (χ0) is 26.4. The molecule has 0 bridgehead atoms. The van der Waals surface area contributed by atoms with E-state index in [2.05, 4.69) is 30.0 Å². The number of anilines is 2. The summed E-state index contributed by atoms with van der Waals surface area (Å²) < 4.78 is 15.5. The molecule has 0 atom stereocenters. The first-order valence-corrected chi connectivity index (χ1v) is 14.8. The normalized spacial score (nSPS) is 25.5. The van der Waals surface area contributed by atoms with E-state index < -0.39 is 0 Å². The first-order chi connectivity index (χ1) is 19.1. The molecule has 8 nitrogen and oxygen atoms in total. The number of hydrogen-bond donors (Lipinski definition) is 2. The van der Waals surface area contributed by atoms with Gasteiger partial charge >= 0.3 is 0 Å². The Hall–Kier alpha value is -3.20. The van der Waals surface area contributed by atoms with E-state index in [9.17, 15) is 9.18 Å². The largest absolute Gasteiger partial charge is 0.369 e. The summed E-state index contributed by atoms with van der Waals surface area (Å²) in [6.45, 7) is 4.76. The van der Waals surface area contributed by atoms with Crippen LogP contribution in [-0.2, 0) is 5.54 Å². The van der Waals surface area contributed by atoms with Crippen molar-refractivity contribution in [3.63, 3.8) is 0 Å². The Bertz CT molecular complexity index is 1330. The molecule has 3 aromatic rings. The maximum absolute atomic E-state index is 13.3. The van der Waals surface area contributed by atoms with Crippen molar-refractivity contribution in [1.29, 1.82) is 0 Å². The minimum absolute atomic E-state index is 0.00414. The smallest absolute Gasteiger partial charge is 0.268 e. The van der Waals surface area contributed by atoms with Crippen LogP contribution in [0.2, 0.25) is 0 Å². The molecular formula is C30H38FN7O. The molecule has 2 aromatic heterocycles. The number of nitrogens with one attached hydrogen (secondary N) is 2. The van der Waals surface area contributed by atoms with E-state index >= 15 is 0 Å². The Morgan fingerprint density at radius 3 is 2.46 bits per heavy atom. The summed E-state index contributed by atoms with van der Waals surface area (Å²) in [5, 5.41) is 7.72. The lowest BCUT2D eigenvalue weighted by Crippen LogP contribution is -2.52. The quantitative estimate of drug-likeness (QED) is 0.516. The van der Waals surface area contributed by atoms with Crippen LogP contribution in [0.1, 0.15) is 68.3 Å². The highest BCUT2D eigenvalue weighted by molar-refractivity contribution is 5.99. The minimum atomic E-state index is -0.179. The molecule has 1 saturated heterocycles. The third-order valence-corrected chi connectivity index (χ3v) is 9.66. The Balaban J connectivity index is 0.992. The van der Waals surface area contributed by atoms with E-state index in [0.717, 1.165) is 74.3 Å². The summed E-state index contributed by atoms with van der Waals surface area (Å²) in [6, 6.07) is 9.81. The fourth-order valence-corrected chi connectivity index (χ4v) is 7.50. The van der Waals surface area contributed by atoms with Gasteiger partial charge in [0.25, 0.3) is 5.91 Å². The number of halogens is 1. The van der Waals surface area contributed by atoms with E-state index in [0.29, 0.717) is 24.6 Å². The maximum atomic E-state index is 13.3. The number of hydrogen-bond acceptors (Lipinski definition) is 6. The second-order valence-electron chi connectivity index (χ2n) is 12.0. The van der Waals surface area contributed by atoms with Gasteiger partial charge in [0.15, 0.2) is 0 Å². The van der Waals surface area contributed by atoms with Crippen LogP contribution in [0.4, 0.5) is 16.0 Å². The van der Waals surface area contributed by atoms with E-state index in [1.54, 1.807) is 12.1 Å². The fraction of sp³-hybridized carbons (Fsp3) is 0.567. The Kier molecular flexibility index (Phi) is 6.41. The molecule has 4 aliphatic rings. The molecule has 0 unspecified atom stereocenters. The van der Waals surface area contributed by atoms with E-state index in [1.807, 2.05) is 24.4 Å². The summed E-state index contributed by atoms with van der Waals surface area (Å²) in [6.07, 6.45) is 12.2. The van der Waals surface area contributed by atoms with Gasteiger partial charge in [0.2, 0.25) is 5.95 Å². The lowest BCUT2D eigenvalue weighted by atomic mass is 9.80. The first kappa shape index (κ1) is 24.8. The topological polar surface area (TPSA) is 78.3 Å². The Morgan fingerprint density at radius 2 is 1.72 bits per heavy atom. The molecule has 4 heterocycles. The molecule has 3 fully saturated rings. The van der Waals surface area contributed by atoms with Crippen molar-refractivity contribution in [2.24, 2.45) is 0 Å². The SMILES string of the molecule is O=C1NCC2(CCCCC2)n2c1cc1cnc(NC3CCC(N4CCN(c5ccc(F)cc5)CC4)CC3)nc12. The van der Waals surface area contributed by atoms with Crippen molar-refractivity contribution in [3.8, 4) is 0 Å². The molecule has 7 rings (SSSR count). The van der Waals surface area contributed by atoms with Crippen LogP contribution in [0.5, 0.6) is 0 Å². The van der Waals surface area contributed by atoms with Gasteiger partial charge in [0.1, 0.15) is 17.2 Å². The molecule has 1 amide bonds. The van der Waals surface area contributed by atoms with Crippen molar-refractivity contribution in [2.75, 3.05) is 42.9 Å². The average Bonchev–Trinajstić information content (AvgIpc) is 3.37. The van der Waals surface area contributed by atoms with E-state index in [4.69, 9.17) is 4.98 Å². The van der Waals surface area contributed by atoms with Gasteiger partial charge in [-0.2, -0.15) is 4.98 Å². The van der Waals surface area contributed by atoms with Crippen LogP contribution in [0.25, 0.3) is 11.0 Å². The Morgan fingerprint density at radius 1 is 0.974 bits per heavy atom. The summed E-state index contributed by atoms with van der Waals surface area (Å²) >= 11 is 0. The van der Waals surface area contributed by atoms with Gasteiger partial charge in [-0.1, -0.05) is 19.3 Å². The van der Waals surface area contributed by atoms with Gasteiger partial charge in [0.05, 0.1) is 5.54 Å². The number of aromatic nitrogens is 3. The molecule has 206 valence electrons. The van der Waals surface area contributed by atoms with E-state index in [1.165, 1.54) is 32.1 Å². The lowest BCUT2D eigenvalue weighted by Gasteiger charge is -2.43. The van der Waals surface area contributed by atoms with Gasteiger partial charge < -0.3 is 20.1 Å². The van der Waals surface area contributed by atoms with Crippen molar-refractivity contribution in [1.82, 2.24) is 24.8 Å². The number of nitrogens with zero attached hydrogens (tertiary/aromatic N) is 5. The van der Waals surface area contributed by atoms with E-state index in [-0.39, 0.29) is 17.3 Å². The van der Waals surface area contributed by atoms with Gasteiger partial charge in [-0.3, -0.25) is 9.69 Å². The van der Waals surface area contributed by atoms with Crippen LogP contribution in [-0.4, -0.2) is 70.1 Å². The summed E-state index contributed by atoms with van der Waals surface area (Å²) in [5.74, 6) is 0.494. The first-order valence-electron chi connectivity index (χ1n) is 14.8. The molecule has 9 heteroatoms. The number of piperazine rings is 1. The fourth-order valence-electron chi connectivity index (χ4n) is 7.50. The van der Waals surface area contributed by atoms with Crippen molar-refractivity contribution < 1.29 is 9.18 Å². The van der Waals surface area contributed by atoms with Crippen LogP contribution in [0, 0.1) is 5.82 Å². The molecular weight excluding hydrogens is 493 g/mol. The second-order valence-corrected chi connectivity index (χ2v) is 12.0. The molecule has 2 N–H and O–H groups in total. The lowest BCUT2D eigenvalue weighted by molar-refractivity contribution is 0.0833. The van der Waals surface area contributed by atoms with Crippen LogP contribution >= 0.6 is 0 Å². The van der Waals surface area contributed by atoms with Gasteiger partial charge in [0, 0.05) is 62.1 Å². The van der Waals surface area contributed by atoms with Gasteiger partial charge in [-0.25, -0.2) is 9.37 Å². The third-order valence-electron chi connectivity index (χ3n) is 9.66. The highest BCUT2D eigenvalue weighted by Crippen LogP contribution is 2.40. The molecule has 0 radical (unpaired) electrons. The third kappa shape index (κ3) is 4.64. The maximum Gasteiger partial charge on any atom is 0.268 e. The number of amides is 1. The molecule has 2 saturated carbocycles. The van der Waals surface area contributed by atoms with Crippen molar-refractivity contribution >= 4 is 28.6 Å². The monoisotopic (exact) mass is 531 g/mol. The zero-order valence-electron chi connectivity index (χ0n) is 22.5. The number of carbonyl (C=O) groups excluding carboxylic acids is 1. The van der Waals surface area contributed by atoms with Crippen LogP contribution in [0.3, 0.4) is 0 Å². The molecule has 39 heavy (non-hydrogen) atoms. The molecule has 2 aliphatic heterocycles. The highest BCUT2D eigenvalue weighted by Gasteiger charge is 2.41. The van der Waals surface area contributed by atoms with Gasteiger partial charge in [-0.15, -0.1) is 0 Å². The predicted molar refractivity (Wildman–Crippen MR) is 151 cm³/mol. The van der Waals surface area contributed by atoms with Crippen LogP contribution < -0.4 is 15.5 Å². The van der Waals surface area contributed by atoms with Gasteiger partial charge in [-0.05, 0) is 68.9 Å². The number of benzene rings is 1. The standard InChI is InChI=1S/C30H38FN7O/c31-22-4-8-24(9-5-22)36-14-16-37(17-15-36)25-10-6-23(7-11-25)34-29-32-19-21-18-26-28(39)33-20-30(12-2-1-3-13-30)38(26)27(21)35-29/h4-5,8-9,18-19,23,25H,1-3,6-7,10-17,20H2,(H,33,39)(H,32,34,35). The van der Waals surface area contributed by atoms with Crippen molar-refractivity contribution in [2.45, 2.75) is 75.4 Å². The number of carbonyl (C=O) groups is 1. The average molecular weight is 532 g/mol. The van der Waals surface area contributed by atoms with Crippen LogP contribution in [0.15, 0.2) is 36.5 Å². The highest BCUT2D eigenvalue weighted by atomic mass is 19.1. The summed E-state index contributed by atoms with van der Waals surface area (Å²) in [4.78, 5) is 27.4. The molecule has 1 aromatic carbocycles. The Labute approximate surface area is 229 Å². The molecule has 2 aliphatic carbocycles. The molecule has 1 spiro atoms. The second kappa shape index (κ2) is 10.1. The summed E-state index contributed by atoms with van der Waals surface area (Å²) in [5.41, 5.74) is 2.67. The number of rotatable bonds is 4. The number of fused-ring (bicyclic) bond motifs is 4. The zero-order valence-corrected chi connectivity index (χ0v) is 22.5. The minimum Gasteiger partial charge on any atom is -0.369 e.